The van der Waals surface area contributed by atoms with Gasteiger partial charge in [0.05, 0.1) is 10.4 Å². The number of rotatable bonds is 2. The Morgan fingerprint density at radius 1 is 1.29 bits per heavy atom. The van der Waals surface area contributed by atoms with E-state index in [1.54, 1.807) is 6.07 Å². The van der Waals surface area contributed by atoms with Gasteiger partial charge in [-0.2, -0.15) is 0 Å². The van der Waals surface area contributed by atoms with E-state index in [-0.39, 0.29) is 11.3 Å². The molecule has 0 fully saturated rings. The van der Waals surface area contributed by atoms with Crippen LogP contribution in [0.2, 0.25) is 0 Å². The van der Waals surface area contributed by atoms with Crippen molar-refractivity contribution in [1.29, 1.82) is 0 Å². The molecule has 0 saturated carbocycles. The predicted octanol–water partition coefficient (Wildman–Crippen LogP) is 4.95. The quantitative estimate of drug-likeness (QED) is 0.676. The van der Waals surface area contributed by atoms with E-state index in [2.05, 4.69) is 31.9 Å². The van der Waals surface area contributed by atoms with Crippen LogP contribution in [0, 0.1) is 12.7 Å². The van der Waals surface area contributed by atoms with E-state index in [4.69, 9.17) is 0 Å². The van der Waals surface area contributed by atoms with E-state index >= 15 is 0 Å². The van der Waals surface area contributed by atoms with Crippen LogP contribution in [-0.2, 0) is 0 Å². The fourth-order valence-corrected chi connectivity index (χ4v) is 3.57. The molecule has 1 aromatic heterocycles. The van der Waals surface area contributed by atoms with Crippen LogP contribution in [0.1, 0.15) is 20.1 Å². The lowest BCUT2D eigenvalue weighted by Gasteiger charge is -2.02. The molecule has 0 saturated heterocycles. The second-order valence-corrected chi connectivity index (χ2v) is 6.51. The van der Waals surface area contributed by atoms with Gasteiger partial charge in [-0.25, -0.2) is 4.39 Å². The minimum Gasteiger partial charge on any atom is -0.288 e. The molecule has 88 valence electrons. The van der Waals surface area contributed by atoms with Gasteiger partial charge in [-0.1, -0.05) is 15.9 Å². The largest absolute Gasteiger partial charge is 0.288 e. The second-order valence-electron chi connectivity index (χ2n) is 3.49. The highest BCUT2D eigenvalue weighted by molar-refractivity contribution is 9.10. The van der Waals surface area contributed by atoms with Gasteiger partial charge in [0, 0.05) is 13.8 Å². The molecule has 5 heteroatoms. The predicted molar refractivity (Wildman–Crippen MR) is 74.3 cm³/mol. The molecule has 0 spiro atoms. The third kappa shape index (κ3) is 2.67. The van der Waals surface area contributed by atoms with Crippen molar-refractivity contribution in [2.75, 3.05) is 0 Å². The number of hydrogen-bond donors (Lipinski definition) is 0. The molecule has 0 unspecified atom stereocenters. The van der Waals surface area contributed by atoms with Crippen molar-refractivity contribution in [1.82, 2.24) is 0 Å². The van der Waals surface area contributed by atoms with Crippen molar-refractivity contribution in [3.63, 3.8) is 0 Å². The molecule has 1 aromatic carbocycles. The lowest BCUT2D eigenvalue weighted by molar-refractivity contribution is 0.103. The molecular formula is C12H7Br2FOS. The minimum absolute atomic E-state index is 0.0851. The van der Waals surface area contributed by atoms with Crippen LogP contribution >= 0.6 is 43.2 Å². The van der Waals surface area contributed by atoms with Crippen molar-refractivity contribution in [3.8, 4) is 0 Å². The summed E-state index contributed by atoms with van der Waals surface area (Å²) in [5.41, 5.74) is 0.0851. The van der Waals surface area contributed by atoms with Gasteiger partial charge >= 0.3 is 0 Å². The topological polar surface area (TPSA) is 17.1 Å². The molecule has 0 radical (unpaired) electrons. The Hall–Kier alpha value is -0.520. The number of carbonyl (C=O) groups excluding carboxylic acids is 1. The van der Waals surface area contributed by atoms with Crippen LogP contribution in [0.3, 0.4) is 0 Å². The van der Waals surface area contributed by atoms with Crippen LogP contribution in [0.25, 0.3) is 0 Å². The molecule has 0 aliphatic carbocycles. The van der Waals surface area contributed by atoms with E-state index in [0.29, 0.717) is 13.8 Å². The Bertz CT molecular complexity index is 592. The Kier molecular flexibility index (Phi) is 3.80. The molecule has 2 rings (SSSR count). The second kappa shape index (κ2) is 5.00. The van der Waals surface area contributed by atoms with E-state index in [1.807, 2.05) is 13.0 Å². The van der Waals surface area contributed by atoms with Gasteiger partial charge in [0.25, 0.3) is 0 Å². The normalized spacial score (nSPS) is 10.6. The van der Waals surface area contributed by atoms with E-state index in [9.17, 15) is 9.18 Å². The minimum atomic E-state index is -0.504. The summed E-state index contributed by atoms with van der Waals surface area (Å²) in [6.45, 7) is 1.91. The average molecular weight is 378 g/mol. The summed E-state index contributed by atoms with van der Waals surface area (Å²) in [6, 6.07) is 6.21. The Morgan fingerprint density at radius 3 is 2.59 bits per heavy atom. The standard InChI is InChI=1S/C12H7Br2FOS/c1-6-4-9(14)12(17-6)11(16)8-5-7(13)2-3-10(8)15/h2-5H,1H3. The molecule has 0 aliphatic heterocycles. The molecule has 2 aromatic rings. The summed E-state index contributed by atoms with van der Waals surface area (Å²) >= 11 is 7.90. The Labute approximate surface area is 119 Å². The third-order valence-corrected chi connectivity index (χ3v) is 4.62. The van der Waals surface area contributed by atoms with Crippen LogP contribution in [0.4, 0.5) is 4.39 Å². The maximum Gasteiger partial charge on any atom is 0.207 e. The van der Waals surface area contributed by atoms with Gasteiger partial charge in [0.15, 0.2) is 0 Å². The fraction of sp³-hybridized carbons (Fsp3) is 0.0833. The molecule has 17 heavy (non-hydrogen) atoms. The number of halogens is 3. The van der Waals surface area contributed by atoms with Crippen LogP contribution in [0.15, 0.2) is 33.2 Å². The molecule has 0 aliphatic rings. The SMILES string of the molecule is Cc1cc(Br)c(C(=O)c2cc(Br)ccc2F)s1. The number of aryl methyl sites for hydroxylation is 1. The highest BCUT2D eigenvalue weighted by Crippen LogP contribution is 2.30. The molecule has 0 N–H and O–H groups in total. The van der Waals surface area contributed by atoms with Crippen LogP contribution in [0.5, 0.6) is 0 Å². The van der Waals surface area contributed by atoms with Crippen molar-refractivity contribution >= 4 is 49.0 Å². The van der Waals surface area contributed by atoms with E-state index in [1.165, 1.54) is 23.5 Å². The first-order chi connectivity index (χ1) is 7.99. The highest BCUT2D eigenvalue weighted by atomic mass is 79.9. The van der Waals surface area contributed by atoms with E-state index in [0.717, 1.165) is 4.88 Å². The summed E-state index contributed by atoms with van der Waals surface area (Å²) in [4.78, 5) is 13.7. The zero-order chi connectivity index (χ0) is 12.6. The van der Waals surface area contributed by atoms with Crippen molar-refractivity contribution in [3.05, 3.63) is 54.3 Å². The summed E-state index contributed by atoms with van der Waals surface area (Å²) < 4.78 is 15.0. The third-order valence-electron chi connectivity index (χ3n) is 2.19. The average Bonchev–Trinajstić information content (AvgIpc) is 2.60. The van der Waals surface area contributed by atoms with Crippen molar-refractivity contribution in [2.45, 2.75) is 6.92 Å². The lowest BCUT2D eigenvalue weighted by Crippen LogP contribution is -2.02. The fourth-order valence-electron chi connectivity index (χ4n) is 1.43. The number of benzene rings is 1. The maximum absolute atomic E-state index is 13.6. The van der Waals surface area contributed by atoms with Gasteiger partial charge in [-0.15, -0.1) is 11.3 Å². The number of thiophene rings is 1. The number of hydrogen-bond acceptors (Lipinski definition) is 2. The summed E-state index contributed by atoms with van der Waals surface area (Å²) in [7, 11) is 0. The highest BCUT2D eigenvalue weighted by Gasteiger charge is 2.19. The monoisotopic (exact) mass is 376 g/mol. The molecule has 0 bridgehead atoms. The number of ketones is 1. The first kappa shape index (κ1) is 12.9. The zero-order valence-electron chi connectivity index (χ0n) is 8.76. The van der Waals surface area contributed by atoms with Gasteiger partial charge in [-0.3, -0.25) is 4.79 Å². The van der Waals surface area contributed by atoms with Gasteiger partial charge in [0.1, 0.15) is 5.82 Å². The Balaban J connectivity index is 2.50. The first-order valence-corrected chi connectivity index (χ1v) is 7.15. The summed E-state index contributed by atoms with van der Waals surface area (Å²) in [5, 5.41) is 0. The maximum atomic E-state index is 13.6. The number of carbonyl (C=O) groups is 1. The molecular weight excluding hydrogens is 371 g/mol. The summed E-state index contributed by atoms with van der Waals surface area (Å²) in [6.07, 6.45) is 0. The van der Waals surface area contributed by atoms with Crippen molar-refractivity contribution < 1.29 is 9.18 Å². The smallest absolute Gasteiger partial charge is 0.207 e. The molecule has 1 heterocycles. The zero-order valence-corrected chi connectivity index (χ0v) is 12.7. The Morgan fingerprint density at radius 2 is 2.00 bits per heavy atom. The van der Waals surface area contributed by atoms with E-state index < -0.39 is 5.82 Å². The van der Waals surface area contributed by atoms with Crippen LogP contribution < -0.4 is 0 Å². The lowest BCUT2D eigenvalue weighted by atomic mass is 10.1. The molecule has 0 atom stereocenters. The van der Waals surface area contributed by atoms with Gasteiger partial charge < -0.3 is 0 Å². The van der Waals surface area contributed by atoms with Crippen LogP contribution in [-0.4, -0.2) is 5.78 Å². The van der Waals surface area contributed by atoms with Gasteiger partial charge in [-0.05, 0) is 47.1 Å². The van der Waals surface area contributed by atoms with Gasteiger partial charge in [0.2, 0.25) is 5.78 Å². The summed E-state index contributed by atoms with van der Waals surface area (Å²) in [5.74, 6) is -0.801. The molecule has 1 nitrogen and oxygen atoms in total. The van der Waals surface area contributed by atoms with Crippen molar-refractivity contribution in [2.24, 2.45) is 0 Å². The molecule has 0 amide bonds. The first-order valence-electron chi connectivity index (χ1n) is 4.74.